The average molecular weight is 503 g/mol. The van der Waals surface area contributed by atoms with E-state index in [9.17, 15) is 18.4 Å². The van der Waals surface area contributed by atoms with Gasteiger partial charge in [-0.05, 0) is 26.8 Å². The summed E-state index contributed by atoms with van der Waals surface area (Å²) in [5.74, 6) is -0.912. The lowest BCUT2D eigenvalue weighted by molar-refractivity contribution is -0.123. The molecule has 0 spiro atoms. The minimum atomic E-state index is -1.38. The third-order valence-electron chi connectivity index (χ3n) is 5.34. The van der Waals surface area contributed by atoms with Gasteiger partial charge in [-0.15, -0.1) is 6.42 Å². The number of aliphatic imine (C=N–C) groups is 1. The Hall–Kier alpha value is -3.72. The van der Waals surface area contributed by atoms with E-state index in [1.54, 1.807) is 20.8 Å². The molecule has 1 aliphatic heterocycles. The Balaban J connectivity index is 1.91. The predicted octanol–water partition coefficient (Wildman–Crippen LogP) is 2.58. The second kappa shape index (κ2) is 9.87. The first-order valence-electron chi connectivity index (χ1n) is 10.4. The van der Waals surface area contributed by atoms with Crippen molar-refractivity contribution in [3.05, 3.63) is 47.4 Å². The molecule has 3 rings (SSSR count). The van der Waals surface area contributed by atoms with Crippen LogP contribution in [0.2, 0.25) is 0 Å². The highest BCUT2D eigenvalue weighted by Crippen LogP contribution is 2.46. The van der Waals surface area contributed by atoms with Crippen molar-refractivity contribution in [1.29, 1.82) is 0 Å². The quantitative estimate of drug-likeness (QED) is 0.518. The van der Waals surface area contributed by atoms with Crippen LogP contribution in [0.15, 0.2) is 29.5 Å². The number of benzene rings is 1. The number of rotatable bonds is 6. The van der Waals surface area contributed by atoms with Gasteiger partial charge in [0.2, 0.25) is 11.8 Å². The van der Waals surface area contributed by atoms with Gasteiger partial charge in [0, 0.05) is 30.8 Å². The molecule has 35 heavy (non-hydrogen) atoms. The molecule has 184 valence electrons. The normalized spacial score (nSPS) is 22.4. The molecular formula is C23H24F2N6O3S. The van der Waals surface area contributed by atoms with Crippen LogP contribution in [0.3, 0.4) is 0 Å². The van der Waals surface area contributed by atoms with Crippen LogP contribution in [0, 0.1) is 24.0 Å². The van der Waals surface area contributed by atoms with E-state index in [2.05, 4.69) is 31.5 Å². The summed E-state index contributed by atoms with van der Waals surface area (Å²) in [6, 6.07) is 2.09. The average Bonchev–Trinajstić information content (AvgIpc) is 2.80. The van der Waals surface area contributed by atoms with E-state index in [1.165, 1.54) is 19.3 Å². The lowest BCUT2D eigenvalue weighted by Crippen LogP contribution is -2.49. The molecule has 0 radical (unpaired) electrons. The van der Waals surface area contributed by atoms with Crippen molar-refractivity contribution in [3.8, 4) is 18.2 Å². The molecule has 0 saturated heterocycles. The Morgan fingerprint density at radius 2 is 2.00 bits per heavy atom. The smallest absolute Gasteiger partial charge is 0.275 e. The van der Waals surface area contributed by atoms with E-state index in [0.717, 1.165) is 24.0 Å². The van der Waals surface area contributed by atoms with Crippen molar-refractivity contribution < 1.29 is 23.1 Å². The number of thioether (sulfide) groups is 1. The second-order valence-electron chi connectivity index (χ2n) is 8.25. The van der Waals surface area contributed by atoms with Crippen LogP contribution in [0.25, 0.3) is 0 Å². The van der Waals surface area contributed by atoms with Gasteiger partial charge in [0.1, 0.15) is 10.4 Å². The van der Waals surface area contributed by atoms with Crippen molar-refractivity contribution in [2.24, 2.45) is 10.7 Å². The van der Waals surface area contributed by atoms with Crippen LogP contribution in [-0.4, -0.2) is 44.8 Å². The van der Waals surface area contributed by atoms with Crippen molar-refractivity contribution in [2.45, 2.75) is 43.6 Å². The first-order chi connectivity index (χ1) is 16.4. The molecule has 12 heteroatoms. The summed E-state index contributed by atoms with van der Waals surface area (Å²) >= 11 is 1.04. The van der Waals surface area contributed by atoms with E-state index in [-0.39, 0.29) is 40.3 Å². The number of nitrogens with zero attached hydrogens (tertiary/aromatic N) is 3. The van der Waals surface area contributed by atoms with Gasteiger partial charge >= 0.3 is 0 Å². The highest BCUT2D eigenvalue weighted by atomic mass is 32.2. The van der Waals surface area contributed by atoms with E-state index in [4.69, 9.17) is 16.9 Å². The summed E-state index contributed by atoms with van der Waals surface area (Å²) in [5.41, 5.74) is 4.29. The number of nitrogens with two attached hydrogens (primary N) is 1. The van der Waals surface area contributed by atoms with Crippen molar-refractivity contribution >= 4 is 34.4 Å². The molecule has 2 heterocycles. The maximum Gasteiger partial charge on any atom is 0.275 e. The molecule has 4 N–H and O–H groups in total. The molecule has 1 aromatic carbocycles. The summed E-state index contributed by atoms with van der Waals surface area (Å²) in [4.78, 5) is 37.4. The number of amides is 2. The van der Waals surface area contributed by atoms with E-state index >= 15 is 0 Å². The highest BCUT2D eigenvalue weighted by molar-refractivity contribution is 8.15. The van der Waals surface area contributed by atoms with Crippen molar-refractivity contribution in [3.63, 3.8) is 0 Å². The van der Waals surface area contributed by atoms with E-state index in [1.807, 2.05) is 0 Å². The van der Waals surface area contributed by atoms with Gasteiger partial charge in [-0.2, -0.15) is 0 Å². The maximum absolute atomic E-state index is 15.0. The zero-order chi connectivity index (χ0) is 26.0. The maximum atomic E-state index is 15.0. The lowest BCUT2D eigenvalue weighted by Gasteiger charge is -2.40. The highest BCUT2D eigenvalue weighted by Gasteiger charge is 2.47. The topological polar surface area (TPSA) is 132 Å². The number of carbonyl (C=O) groups is 2. The Morgan fingerprint density at radius 1 is 1.29 bits per heavy atom. The summed E-state index contributed by atoms with van der Waals surface area (Å²) < 4.78 is 33.8. The largest absolute Gasteiger partial charge is 0.460 e. The number of nitrogens with one attached hydrogen (secondary N) is 2. The number of halogens is 2. The number of aromatic nitrogens is 2. The third kappa shape index (κ3) is 5.51. The summed E-state index contributed by atoms with van der Waals surface area (Å²) in [6.45, 7) is 4.83. The Labute approximate surface area is 205 Å². The second-order valence-corrected chi connectivity index (χ2v) is 9.78. The number of amidine groups is 1. The number of hydrogen-bond acceptors (Lipinski definition) is 8. The predicted molar refractivity (Wildman–Crippen MR) is 129 cm³/mol. The first kappa shape index (κ1) is 25.9. The minimum absolute atomic E-state index is 0.0296. The molecule has 0 unspecified atom stereocenters. The molecule has 0 fully saturated rings. The number of ether oxygens (including phenoxy) is 1. The SMILES string of the molecule is C#C[C@H](C)Oc1cnc(C(=O)Nc2cc(F)c(F)c([C@]3(C)C[C@](C)(C(=O)NC)SC(N)=N3)c2)cn1. The summed E-state index contributed by atoms with van der Waals surface area (Å²) in [6.07, 6.45) is 7.12. The molecule has 9 nitrogen and oxygen atoms in total. The third-order valence-corrected chi connectivity index (χ3v) is 6.42. The Kier molecular flexibility index (Phi) is 7.30. The van der Waals surface area contributed by atoms with Gasteiger partial charge in [-0.25, -0.2) is 18.7 Å². The number of anilines is 1. The van der Waals surface area contributed by atoms with Gasteiger partial charge < -0.3 is 21.1 Å². The Bertz CT molecular complexity index is 1230. The Morgan fingerprint density at radius 3 is 2.60 bits per heavy atom. The molecule has 0 saturated carbocycles. The van der Waals surface area contributed by atoms with E-state index in [0.29, 0.717) is 0 Å². The molecule has 3 atom stereocenters. The van der Waals surface area contributed by atoms with Crippen LogP contribution in [0.4, 0.5) is 14.5 Å². The monoisotopic (exact) mass is 502 g/mol. The molecule has 2 aromatic rings. The van der Waals surface area contributed by atoms with Crippen LogP contribution in [0.5, 0.6) is 5.88 Å². The fourth-order valence-corrected chi connectivity index (χ4v) is 4.99. The van der Waals surface area contributed by atoms with Crippen LogP contribution in [-0.2, 0) is 10.3 Å². The fraction of sp³-hybridized carbons (Fsp3) is 0.348. The van der Waals surface area contributed by atoms with Crippen molar-refractivity contribution in [2.75, 3.05) is 12.4 Å². The zero-order valence-corrected chi connectivity index (χ0v) is 20.3. The molecular weight excluding hydrogens is 478 g/mol. The molecule has 1 aromatic heterocycles. The summed E-state index contributed by atoms with van der Waals surface area (Å²) in [5, 5.41) is 5.08. The fourth-order valence-electron chi connectivity index (χ4n) is 3.73. The van der Waals surface area contributed by atoms with Gasteiger partial charge in [0.25, 0.3) is 5.91 Å². The first-order valence-corrected chi connectivity index (χ1v) is 11.2. The van der Waals surface area contributed by atoms with E-state index < -0.39 is 33.9 Å². The molecule has 0 aliphatic carbocycles. The van der Waals surface area contributed by atoms with Gasteiger partial charge in [0.15, 0.2) is 22.9 Å². The van der Waals surface area contributed by atoms with Gasteiger partial charge in [0.05, 0.1) is 17.9 Å². The van der Waals surface area contributed by atoms with Gasteiger partial charge in [-0.3, -0.25) is 14.6 Å². The molecule has 2 amide bonds. The summed E-state index contributed by atoms with van der Waals surface area (Å²) in [7, 11) is 1.47. The van der Waals surface area contributed by atoms with Crippen molar-refractivity contribution in [1.82, 2.24) is 15.3 Å². The number of carbonyl (C=O) groups excluding carboxylic acids is 2. The zero-order valence-electron chi connectivity index (χ0n) is 19.5. The molecule has 1 aliphatic rings. The molecule has 0 bridgehead atoms. The van der Waals surface area contributed by atoms with Crippen LogP contribution in [0.1, 0.15) is 43.2 Å². The lowest BCUT2D eigenvalue weighted by atomic mass is 9.82. The minimum Gasteiger partial charge on any atom is -0.460 e. The standard InChI is InChI=1S/C23H24F2N6O3S/c1-6-12(2)34-17-10-28-16(9-29-17)19(32)30-13-7-14(18(25)15(24)8-13)22(3)11-23(4,20(33)27-5)35-21(26)31-22/h1,7-10,12H,11H2,2-5H3,(H2,26,31)(H,27,33)(H,30,32)/t12-,22-,23+/m0/s1. The van der Waals surface area contributed by atoms with Crippen LogP contribution < -0.4 is 21.1 Å². The van der Waals surface area contributed by atoms with Gasteiger partial charge in [-0.1, -0.05) is 17.7 Å². The van der Waals surface area contributed by atoms with Crippen LogP contribution >= 0.6 is 11.8 Å². The number of hydrogen-bond donors (Lipinski definition) is 3. The number of terminal acetylenes is 1.